The van der Waals surface area contributed by atoms with Crippen LogP contribution in [-0.2, 0) is 0 Å². The first kappa shape index (κ1) is 9.27. The molecule has 0 aliphatic rings. The first-order valence-electron chi connectivity index (χ1n) is 3.75. The molecule has 0 fully saturated rings. The minimum atomic E-state index is 0.339. The summed E-state index contributed by atoms with van der Waals surface area (Å²) in [5.74, 6) is 0.339. The molecule has 3 heteroatoms. The van der Waals surface area contributed by atoms with Gasteiger partial charge in [0.25, 0.3) is 0 Å². The predicted molar refractivity (Wildman–Crippen MR) is 66.0 cm³/mol. The fourth-order valence-corrected chi connectivity index (χ4v) is 2.21. The van der Waals surface area contributed by atoms with Crippen LogP contribution < -0.4 is 0 Å². The van der Waals surface area contributed by atoms with Crippen LogP contribution in [0.2, 0.25) is 0 Å². The minimum Gasteiger partial charge on any atom is -0.507 e. The van der Waals surface area contributed by atoms with Gasteiger partial charge in [-0.2, -0.15) is 0 Å². The average molecular weight is 349 g/mol. The van der Waals surface area contributed by atoms with Gasteiger partial charge < -0.3 is 5.11 Å². The normalized spacial score (nSPS) is 10.6. The number of fused-ring (bicyclic) bond motifs is 1. The number of phenolic OH excluding ortho intramolecular Hbond substituents is 1. The Balaban J connectivity index is 2.89. The Morgan fingerprint density at radius 2 is 2.00 bits per heavy atom. The van der Waals surface area contributed by atoms with E-state index in [4.69, 9.17) is 0 Å². The second kappa shape index (κ2) is 3.46. The third kappa shape index (κ3) is 1.67. The number of hydrogen-bond donors (Lipinski definition) is 1. The molecule has 2 aromatic carbocycles. The molecule has 0 unspecified atom stereocenters. The zero-order valence-corrected chi connectivity index (χ0v) is 10.3. The lowest BCUT2D eigenvalue weighted by Crippen LogP contribution is -1.78. The summed E-state index contributed by atoms with van der Waals surface area (Å²) in [6, 6.07) is 9.68. The van der Waals surface area contributed by atoms with Gasteiger partial charge in [0.05, 0.1) is 3.57 Å². The highest BCUT2D eigenvalue weighted by Crippen LogP contribution is 2.30. The molecule has 0 radical (unpaired) electrons. The quantitative estimate of drug-likeness (QED) is 0.715. The molecular formula is C10H6BrIO. The fraction of sp³-hybridized carbons (Fsp3) is 0. The van der Waals surface area contributed by atoms with Gasteiger partial charge in [0, 0.05) is 4.47 Å². The van der Waals surface area contributed by atoms with Crippen molar-refractivity contribution in [3.63, 3.8) is 0 Å². The molecule has 0 saturated carbocycles. The van der Waals surface area contributed by atoms with E-state index in [1.165, 1.54) is 0 Å². The van der Waals surface area contributed by atoms with Crippen molar-refractivity contribution in [2.45, 2.75) is 0 Å². The maximum Gasteiger partial charge on any atom is 0.129 e. The molecule has 2 rings (SSSR count). The van der Waals surface area contributed by atoms with Crippen molar-refractivity contribution in [2.75, 3.05) is 0 Å². The van der Waals surface area contributed by atoms with Gasteiger partial charge in [-0.05, 0) is 51.6 Å². The molecule has 0 heterocycles. The molecule has 0 aliphatic heterocycles. The van der Waals surface area contributed by atoms with Gasteiger partial charge in [-0.3, -0.25) is 0 Å². The van der Waals surface area contributed by atoms with Gasteiger partial charge in [-0.1, -0.05) is 28.1 Å². The van der Waals surface area contributed by atoms with Crippen molar-refractivity contribution in [3.05, 3.63) is 38.4 Å². The van der Waals surface area contributed by atoms with Crippen molar-refractivity contribution in [1.82, 2.24) is 0 Å². The average Bonchev–Trinajstić information content (AvgIpc) is 2.09. The zero-order valence-electron chi connectivity index (χ0n) is 6.59. The standard InChI is InChI=1S/C10H6BrIO/c11-8-3-1-2-6-4-10(13)9(12)5-7(6)8/h1-5,13H. The number of halogens is 2. The summed E-state index contributed by atoms with van der Waals surface area (Å²) >= 11 is 5.59. The van der Waals surface area contributed by atoms with Crippen LogP contribution in [0.1, 0.15) is 0 Å². The minimum absolute atomic E-state index is 0.339. The second-order valence-corrected chi connectivity index (χ2v) is 4.78. The summed E-state index contributed by atoms with van der Waals surface area (Å²) in [5, 5.41) is 11.7. The van der Waals surface area contributed by atoms with Crippen LogP contribution in [0.3, 0.4) is 0 Å². The molecular weight excluding hydrogens is 343 g/mol. The SMILES string of the molecule is Oc1cc2cccc(Br)c2cc1I. The molecule has 1 N–H and O–H groups in total. The molecule has 0 amide bonds. The lowest BCUT2D eigenvalue weighted by molar-refractivity contribution is 0.472. The molecule has 0 aromatic heterocycles. The van der Waals surface area contributed by atoms with Crippen LogP contribution >= 0.6 is 38.5 Å². The van der Waals surface area contributed by atoms with Gasteiger partial charge >= 0.3 is 0 Å². The van der Waals surface area contributed by atoms with Crippen molar-refractivity contribution in [1.29, 1.82) is 0 Å². The summed E-state index contributed by atoms with van der Waals surface area (Å²) in [4.78, 5) is 0. The summed E-state index contributed by atoms with van der Waals surface area (Å²) < 4.78 is 1.93. The van der Waals surface area contributed by atoms with Crippen LogP contribution in [-0.4, -0.2) is 5.11 Å². The Bertz CT molecular complexity index is 468. The highest BCUT2D eigenvalue weighted by atomic mass is 127. The lowest BCUT2D eigenvalue weighted by Gasteiger charge is -2.02. The topological polar surface area (TPSA) is 20.2 Å². The van der Waals surface area contributed by atoms with Crippen LogP contribution in [0, 0.1) is 3.57 Å². The van der Waals surface area contributed by atoms with E-state index in [2.05, 4.69) is 38.5 Å². The number of hydrogen-bond acceptors (Lipinski definition) is 1. The molecule has 13 heavy (non-hydrogen) atoms. The molecule has 0 bridgehead atoms. The van der Waals surface area contributed by atoms with Gasteiger partial charge in [0.15, 0.2) is 0 Å². The van der Waals surface area contributed by atoms with E-state index < -0.39 is 0 Å². The number of phenols is 1. The van der Waals surface area contributed by atoms with Crippen LogP contribution in [0.4, 0.5) is 0 Å². The van der Waals surface area contributed by atoms with E-state index in [1.807, 2.05) is 24.3 Å². The van der Waals surface area contributed by atoms with E-state index in [-0.39, 0.29) is 0 Å². The number of aromatic hydroxyl groups is 1. The Labute approximate surface area is 98.0 Å². The first-order chi connectivity index (χ1) is 6.18. The molecule has 0 atom stereocenters. The van der Waals surface area contributed by atoms with Gasteiger partial charge in [0.1, 0.15) is 5.75 Å². The lowest BCUT2D eigenvalue weighted by atomic mass is 10.1. The fourth-order valence-electron chi connectivity index (χ4n) is 1.25. The van der Waals surface area contributed by atoms with E-state index in [0.717, 1.165) is 18.8 Å². The highest BCUT2D eigenvalue weighted by Gasteiger charge is 2.02. The van der Waals surface area contributed by atoms with Gasteiger partial charge in [-0.15, -0.1) is 0 Å². The maximum absolute atomic E-state index is 9.49. The van der Waals surface area contributed by atoms with Crippen LogP contribution in [0.25, 0.3) is 10.8 Å². The Kier molecular flexibility index (Phi) is 2.47. The molecule has 0 aliphatic carbocycles. The monoisotopic (exact) mass is 348 g/mol. The number of benzene rings is 2. The third-order valence-electron chi connectivity index (χ3n) is 1.89. The van der Waals surface area contributed by atoms with E-state index >= 15 is 0 Å². The Hall–Kier alpha value is -0.290. The summed E-state index contributed by atoms with van der Waals surface area (Å²) in [6.07, 6.45) is 0. The first-order valence-corrected chi connectivity index (χ1v) is 5.62. The maximum atomic E-state index is 9.49. The molecule has 1 nitrogen and oxygen atoms in total. The predicted octanol–water partition coefficient (Wildman–Crippen LogP) is 3.91. The third-order valence-corrected chi connectivity index (χ3v) is 3.45. The van der Waals surface area contributed by atoms with Crippen LogP contribution in [0.15, 0.2) is 34.8 Å². The summed E-state index contributed by atoms with van der Waals surface area (Å²) in [6.45, 7) is 0. The van der Waals surface area contributed by atoms with E-state index in [1.54, 1.807) is 6.07 Å². The Morgan fingerprint density at radius 3 is 2.77 bits per heavy atom. The largest absolute Gasteiger partial charge is 0.507 e. The van der Waals surface area contributed by atoms with Crippen LogP contribution in [0.5, 0.6) is 5.75 Å². The Morgan fingerprint density at radius 1 is 1.23 bits per heavy atom. The van der Waals surface area contributed by atoms with E-state index in [0.29, 0.717) is 5.75 Å². The number of rotatable bonds is 0. The van der Waals surface area contributed by atoms with Gasteiger partial charge in [-0.25, -0.2) is 0 Å². The van der Waals surface area contributed by atoms with E-state index in [9.17, 15) is 5.11 Å². The highest BCUT2D eigenvalue weighted by molar-refractivity contribution is 14.1. The smallest absolute Gasteiger partial charge is 0.129 e. The van der Waals surface area contributed by atoms with Crippen molar-refractivity contribution >= 4 is 49.3 Å². The van der Waals surface area contributed by atoms with Crippen molar-refractivity contribution in [2.24, 2.45) is 0 Å². The molecule has 66 valence electrons. The molecule has 0 saturated heterocycles. The molecule has 2 aromatic rings. The zero-order chi connectivity index (χ0) is 9.42. The summed E-state index contributed by atoms with van der Waals surface area (Å²) in [7, 11) is 0. The van der Waals surface area contributed by atoms with Gasteiger partial charge in [0.2, 0.25) is 0 Å². The van der Waals surface area contributed by atoms with Crippen molar-refractivity contribution < 1.29 is 5.11 Å². The van der Waals surface area contributed by atoms with Crippen molar-refractivity contribution in [3.8, 4) is 5.75 Å². The second-order valence-electron chi connectivity index (χ2n) is 2.76. The summed E-state index contributed by atoms with van der Waals surface area (Å²) in [5.41, 5.74) is 0. The molecule has 0 spiro atoms.